The number of hydrogen-bond acceptors (Lipinski definition) is 5. The Balaban J connectivity index is 2.20. The second-order valence-corrected chi connectivity index (χ2v) is 4.42. The molecular weight excluding hydrogens is 226 g/mol. The van der Waals surface area contributed by atoms with Gasteiger partial charge in [0.1, 0.15) is 5.82 Å². The summed E-state index contributed by atoms with van der Waals surface area (Å²) < 4.78 is 0. The standard InChI is InChI=1S/C13H25N5/c1-3-9-18(10-4-2)11-5-7-15-12-6-8-16-13(14)17-12/h6,8H,3-5,7,9-11H2,1-2H3,(H3,14,15,16,17). The van der Waals surface area contributed by atoms with E-state index in [0.29, 0.717) is 5.95 Å². The number of nitrogens with two attached hydrogens (primary N) is 1. The molecule has 0 aromatic carbocycles. The lowest BCUT2D eigenvalue weighted by molar-refractivity contribution is 0.274. The van der Waals surface area contributed by atoms with Gasteiger partial charge >= 0.3 is 0 Å². The first-order valence-electron chi connectivity index (χ1n) is 6.81. The largest absolute Gasteiger partial charge is 0.370 e. The van der Waals surface area contributed by atoms with E-state index in [9.17, 15) is 0 Å². The predicted octanol–water partition coefficient (Wildman–Crippen LogP) is 1.98. The average molecular weight is 251 g/mol. The van der Waals surface area contributed by atoms with Gasteiger partial charge in [-0.25, -0.2) is 4.98 Å². The zero-order valence-electron chi connectivity index (χ0n) is 11.5. The Morgan fingerprint density at radius 3 is 2.56 bits per heavy atom. The topological polar surface area (TPSA) is 67.1 Å². The summed E-state index contributed by atoms with van der Waals surface area (Å²) >= 11 is 0. The highest BCUT2D eigenvalue weighted by Gasteiger charge is 2.02. The average Bonchev–Trinajstić information content (AvgIpc) is 2.35. The molecule has 1 aromatic heterocycles. The number of nitrogens with zero attached hydrogens (tertiary/aromatic N) is 3. The van der Waals surface area contributed by atoms with Gasteiger partial charge in [-0.3, -0.25) is 0 Å². The van der Waals surface area contributed by atoms with Crippen LogP contribution in [0.2, 0.25) is 0 Å². The molecule has 3 N–H and O–H groups in total. The molecule has 18 heavy (non-hydrogen) atoms. The number of rotatable bonds is 9. The van der Waals surface area contributed by atoms with Crippen molar-refractivity contribution in [2.24, 2.45) is 0 Å². The van der Waals surface area contributed by atoms with Gasteiger partial charge in [-0.2, -0.15) is 4.98 Å². The first-order chi connectivity index (χ1) is 8.76. The third kappa shape index (κ3) is 5.82. The van der Waals surface area contributed by atoms with E-state index in [1.165, 1.54) is 25.9 Å². The number of hydrogen-bond donors (Lipinski definition) is 2. The van der Waals surface area contributed by atoms with Crippen LogP contribution in [-0.2, 0) is 0 Å². The van der Waals surface area contributed by atoms with Crippen LogP contribution in [-0.4, -0.2) is 41.0 Å². The van der Waals surface area contributed by atoms with Crippen molar-refractivity contribution in [1.82, 2.24) is 14.9 Å². The minimum atomic E-state index is 0.318. The van der Waals surface area contributed by atoms with E-state index in [1.807, 2.05) is 6.07 Å². The van der Waals surface area contributed by atoms with Crippen molar-refractivity contribution in [3.05, 3.63) is 12.3 Å². The maximum absolute atomic E-state index is 5.52. The van der Waals surface area contributed by atoms with E-state index in [0.717, 1.165) is 25.3 Å². The third-order valence-electron chi connectivity index (χ3n) is 2.71. The Labute approximate surface area is 110 Å². The van der Waals surface area contributed by atoms with E-state index in [4.69, 9.17) is 5.73 Å². The molecule has 102 valence electrons. The lowest BCUT2D eigenvalue weighted by atomic mass is 10.3. The normalized spacial score (nSPS) is 10.8. The second kappa shape index (κ2) is 8.69. The predicted molar refractivity (Wildman–Crippen MR) is 76.6 cm³/mol. The SMILES string of the molecule is CCCN(CCC)CCCNc1ccnc(N)n1. The molecule has 0 aliphatic carbocycles. The molecule has 0 aliphatic rings. The van der Waals surface area contributed by atoms with Crippen molar-refractivity contribution in [3.8, 4) is 0 Å². The third-order valence-corrected chi connectivity index (χ3v) is 2.71. The van der Waals surface area contributed by atoms with Crippen LogP contribution in [0, 0.1) is 0 Å². The zero-order chi connectivity index (χ0) is 13.2. The maximum Gasteiger partial charge on any atom is 0.221 e. The Hall–Kier alpha value is -1.36. The number of aromatic nitrogens is 2. The van der Waals surface area contributed by atoms with E-state index in [1.54, 1.807) is 6.20 Å². The summed E-state index contributed by atoms with van der Waals surface area (Å²) in [4.78, 5) is 10.5. The lowest BCUT2D eigenvalue weighted by Crippen LogP contribution is -2.27. The van der Waals surface area contributed by atoms with Crippen molar-refractivity contribution in [2.45, 2.75) is 33.1 Å². The molecule has 5 nitrogen and oxygen atoms in total. The molecule has 0 atom stereocenters. The Kier molecular flexibility index (Phi) is 7.10. The molecule has 0 bridgehead atoms. The summed E-state index contributed by atoms with van der Waals surface area (Å²) in [6.07, 6.45) is 5.22. The number of nitrogens with one attached hydrogen (secondary N) is 1. The van der Waals surface area contributed by atoms with E-state index >= 15 is 0 Å². The molecule has 0 spiro atoms. The Bertz CT molecular complexity index is 323. The molecule has 1 aromatic rings. The molecule has 5 heteroatoms. The van der Waals surface area contributed by atoms with Gasteiger partial charge in [-0.05, 0) is 45.0 Å². The van der Waals surface area contributed by atoms with E-state index in [-0.39, 0.29) is 0 Å². The van der Waals surface area contributed by atoms with Gasteiger partial charge in [0.15, 0.2) is 0 Å². The molecule has 0 saturated carbocycles. The smallest absolute Gasteiger partial charge is 0.221 e. The lowest BCUT2D eigenvalue weighted by Gasteiger charge is -2.20. The van der Waals surface area contributed by atoms with Crippen LogP contribution in [0.4, 0.5) is 11.8 Å². The number of anilines is 2. The minimum Gasteiger partial charge on any atom is -0.370 e. The van der Waals surface area contributed by atoms with Gasteiger partial charge in [0.05, 0.1) is 0 Å². The van der Waals surface area contributed by atoms with Crippen LogP contribution >= 0.6 is 0 Å². The van der Waals surface area contributed by atoms with Crippen molar-refractivity contribution >= 4 is 11.8 Å². The highest BCUT2D eigenvalue weighted by Crippen LogP contribution is 2.03. The fourth-order valence-corrected chi connectivity index (χ4v) is 1.96. The van der Waals surface area contributed by atoms with Crippen LogP contribution in [0.25, 0.3) is 0 Å². The van der Waals surface area contributed by atoms with Crippen molar-refractivity contribution in [2.75, 3.05) is 37.2 Å². The first kappa shape index (κ1) is 14.7. The first-order valence-corrected chi connectivity index (χ1v) is 6.81. The summed E-state index contributed by atoms with van der Waals surface area (Å²) in [6, 6.07) is 1.84. The molecular formula is C13H25N5. The van der Waals surface area contributed by atoms with Crippen LogP contribution in [0.1, 0.15) is 33.1 Å². The Morgan fingerprint density at radius 1 is 1.22 bits per heavy atom. The van der Waals surface area contributed by atoms with Gasteiger partial charge in [0.2, 0.25) is 5.95 Å². The van der Waals surface area contributed by atoms with Gasteiger partial charge in [0, 0.05) is 12.7 Å². The van der Waals surface area contributed by atoms with E-state index in [2.05, 4.69) is 34.0 Å². The summed E-state index contributed by atoms with van der Waals surface area (Å²) in [5, 5.41) is 3.27. The minimum absolute atomic E-state index is 0.318. The second-order valence-electron chi connectivity index (χ2n) is 4.42. The number of nitrogen functional groups attached to an aromatic ring is 1. The van der Waals surface area contributed by atoms with Crippen molar-refractivity contribution < 1.29 is 0 Å². The molecule has 0 aliphatic heterocycles. The summed E-state index contributed by atoms with van der Waals surface area (Å²) in [5.74, 6) is 1.12. The highest BCUT2D eigenvalue weighted by atomic mass is 15.1. The van der Waals surface area contributed by atoms with Crippen LogP contribution in [0.5, 0.6) is 0 Å². The van der Waals surface area contributed by atoms with Gasteiger partial charge < -0.3 is 16.0 Å². The van der Waals surface area contributed by atoms with E-state index < -0.39 is 0 Å². The van der Waals surface area contributed by atoms with Gasteiger partial charge in [-0.15, -0.1) is 0 Å². The quantitative estimate of drug-likeness (QED) is 0.657. The molecule has 0 fully saturated rings. The molecule has 1 heterocycles. The van der Waals surface area contributed by atoms with Crippen molar-refractivity contribution in [1.29, 1.82) is 0 Å². The molecule has 0 amide bonds. The van der Waals surface area contributed by atoms with Crippen LogP contribution in [0.15, 0.2) is 12.3 Å². The Morgan fingerprint density at radius 2 is 1.94 bits per heavy atom. The van der Waals surface area contributed by atoms with Crippen LogP contribution < -0.4 is 11.1 Å². The molecule has 1 rings (SSSR count). The fraction of sp³-hybridized carbons (Fsp3) is 0.692. The van der Waals surface area contributed by atoms with Gasteiger partial charge in [-0.1, -0.05) is 13.8 Å². The summed E-state index contributed by atoms with van der Waals surface area (Å²) in [7, 11) is 0. The molecule has 0 unspecified atom stereocenters. The maximum atomic E-state index is 5.52. The zero-order valence-corrected chi connectivity index (χ0v) is 11.5. The van der Waals surface area contributed by atoms with Crippen LogP contribution in [0.3, 0.4) is 0 Å². The molecule has 0 saturated heterocycles. The summed E-state index contributed by atoms with van der Waals surface area (Å²) in [5.41, 5.74) is 5.52. The fourth-order valence-electron chi connectivity index (χ4n) is 1.96. The highest BCUT2D eigenvalue weighted by molar-refractivity contribution is 5.36. The molecule has 0 radical (unpaired) electrons. The monoisotopic (exact) mass is 251 g/mol. The summed E-state index contributed by atoms with van der Waals surface area (Å²) in [6.45, 7) is 8.88. The van der Waals surface area contributed by atoms with Crippen molar-refractivity contribution in [3.63, 3.8) is 0 Å². The van der Waals surface area contributed by atoms with Gasteiger partial charge in [0.25, 0.3) is 0 Å².